The van der Waals surface area contributed by atoms with Crippen LogP contribution >= 0.6 is 0 Å². The van der Waals surface area contributed by atoms with Crippen molar-refractivity contribution < 1.29 is 9.90 Å². The van der Waals surface area contributed by atoms with Gasteiger partial charge in [-0.25, -0.2) is 0 Å². The highest BCUT2D eigenvalue weighted by Crippen LogP contribution is 2.27. The summed E-state index contributed by atoms with van der Waals surface area (Å²) in [5, 5.41) is 13.4. The van der Waals surface area contributed by atoms with Crippen molar-refractivity contribution in [2.75, 3.05) is 13.1 Å². The number of carboxylic acids is 1. The molecule has 2 atom stereocenters. The summed E-state index contributed by atoms with van der Waals surface area (Å²) in [7, 11) is 1.95. The van der Waals surface area contributed by atoms with Crippen LogP contribution in [0.25, 0.3) is 0 Å². The Bertz CT molecular complexity index is 416. The molecule has 1 aliphatic heterocycles. The van der Waals surface area contributed by atoms with Crippen LogP contribution in [0.3, 0.4) is 0 Å². The number of piperidine rings is 1. The number of rotatable bonds is 4. The molecule has 2 heterocycles. The summed E-state index contributed by atoms with van der Waals surface area (Å²) in [6, 6.07) is 1.69. The summed E-state index contributed by atoms with van der Waals surface area (Å²) < 4.78 is 1.90. The first kappa shape index (κ1) is 13.1. The number of aryl methyl sites for hydroxylation is 1. The Balaban J connectivity index is 2.09. The van der Waals surface area contributed by atoms with Crippen LogP contribution in [0.15, 0.2) is 12.3 Å². The highest BCUT2D eigenvalue weighted by atomic mass is 16.4. The lowest BCUT2D eigenvalue weighted by Crippen LogP contribution is -2.46. The topological polar surface area (TPSA) is 58.4 Å². The first-order valence-corrected chi connectivity index (χ1v) is 6.58. The standard InChI is InChI=1S/C13H21N3O2/c1-3-11(13(17)18)16-8-4-5-10(9-16)12-6-7-14-15(12)2/h6-7,10-11H,3-5,8-9H2,1-2H3,(H,17,18). The molecule has 1 aliphatic rings. The molecule has 0 aliphatic carbocycles. The number of carboxylic acid groups (broad SMARTS) is 1. The lowest BCUT2D eigenvalue weighted by Gasteiger charge is -2.36. The molecule has 2 unspecified atom stereocenters. The summed E-state index contributed by atoms with van der Waals surface area (Å²) in [4.78, 5) is 13.3. The maximum atomic E-state index is 11.2. The van der Waals surface area contributed by atoms with Gasteiger partial charge in [0.2, 0.25) is 0 Å². The molecule has 0 amide bonds. The molecule has 18 heavy (non-hydrogen) atoms. The Morgan fingerprint density at radius 1 is 1.67 bits per heavy atom. The average Bonchev–Trinajstić information content (AvgIpc) is 2.76. The number of nitrogens with zero attached hydrogens (tertiary/aromatic N) is 3. The highest BCUT2D eigenvalue weighted by Gasteiger charge is 2.30. The predicted molar refractivity (Wildman–Crippen MR) is 68.5 cm³/mol. The Hall–Kier alpha value is -1.36. The molecule has 1 aromatic rings. The Labute approximate surface area is 107 Å². The van der Waals surface area contributed by atoms with Crippen molar-refractivity contribution in [2.24, 2.45) is 7.05 Å². The SMILES string of the molecule is CCC(C(=O)O)N1CCCC(c2ccnn2C)C1. The van der Waals surface area contributed by atoms with Gasteiger partial charge in [-0.05, 0) is 31.9 Å². The first-order chi connectivity index (χ1) is 8.63. The van der Waals surface area contributed by atoms with Gasteiger partial charge in [-0.15, -0.1) is 0 Å². The molecule has 1 aromatic heterocycles. The van der Waals surface area contributed by atoms with Gasteiger partial charge < -0.3 is 5.11 Å². The molecule has 5 nitrogen and oxygen atoms in total. The number of hydrogen-bond donors (Lipinski definition) is 1. The fraction of sp³-hybridized carbons (Fsp3) is 0.692. The Morgan fingerprint density at radius 2 is 2.44 bits per heavy atom. The molecule has 100 valence electrons. The Morgan fingerprint density at radius 3 is 3.00 bits per heavy atom. The lowest BCUT2D eigenvalue weighted by atomic mass is 9.93. The monoisotopic (exact) mass is 251 g/mol. The minimum atomic E-state index is -0.705. The minimum absolute atomic E-state index is 0.346. The smallest absolute Gasteiger partial charge is 0.320 e. The predicted octanol–water partition coefficient (Wildman–Crippen LogP) is 1.46. The molecule has 0 saturated carbocycles. The van der Waals surface area contributed by atoms with E-state index < -0.39 is 5.97 Å². The number of aromatic nitrogens is 2. The maximum Gasteiger partial charge on any atom is 0.320 e. The molecule has 1 fully saturated rings. The third-order valence-corrected chi connectivity index (χ3v) is 3.84. The highest BCUT2D eigenvalue weighted by molar-refractivity contribution is 5.73. The van der Waals surface area contributed by atoms with Gasteiger partial charge in [-0.3, -0.25) is 14.4 Å². The van der Waals surface area contributed by atoms with Gasteiger partial charge in [0.15, 0.2) is 0 Å². The van der Waals surface area contributed by atoms with Gasteiger partial charge in [0, 0.05) is 31.4 Å². The molecule has 1 saturated heterocycles. The number of likely N-dealkylation sites (tertiary alicyclic amines) is 1. The van der Waals surface area contributed by atoms with E-state index in [1.165, 1.54) is 5.69 Å². The molecule has 5 heteroatoms. The number of hydrogen-bond acceptors (Lipinski definition) is 3. The fourth-order valence-electron chi connectivity index (χ4n) is 2.90. The Kier molecular flexibility index (Phi) is 4.01. The van der Waals surface area contributed by atoms with E-state index in [1.807, 2.05) is 30.9 Å². The van der Waals surface area contributed by atoms with Crippen molar-refractivity contribution in [3.05, 3.63) is 18.0 Å². The van der Waals surface area contributed by atoms with E-state index in [0.29, 0.717) is 12.3 Å². The van der Waals surface area contributed by atoms with Crippen molar-refractivity contribution in [3.8, 4) is 0 Å². The lowest BCUT2D eigenvalue weighted by molar-refractivity contribution is -0.144. The van der Waals surface area contributed by atoms with Crippen LogP contribution in [0.2, 0.25) is 0 Å². The van der Waals surface area contributed by atoms with Gasteiger partial charge >= 0.3 is 5.97 Å². The van der Waals surface area contributed by atoms with E-state index in [9.17, 15) is 9.90 Å². The normalized spacial score (nSPS) is 22.9. The molecule has 1 N–H and O–H groups in total. The van der Waals surface area contributed by atoms with E-state index in [0.717, 1.165) is 25.9 Å². The van der Waals surface area contributed by atoms with Crippen molar-refractivity contribution in [3.63, 3.8) is 0 Å². The van der Waals surface area contributed by atoms with Gasteiger partial charge in [0.25, 0.3) is 0 Å². The van der Waals surface area contributed by atoms with Crippen LogP contribution in [0.4, 0.5) is 0 Å². The largest absolute Gasteiger partial charge is 0.480 e. The summed E-state index contributed by atoms with van der Waals surface area (Å²) in [5.74, 6) is -0.303. The van der Waals surface area contributed by atoms with Crippen molar-refractivity contribution >= 4 is 5.97 Å². The van der Waals surface area contributed by atoms with E-state index in [-0.39, 0.29) is 6.04 Å². The molecular weight excluding hydrogens is 230 g/mol. The number of carbonyl (C=O) groups is 1. The third kappa shape index (κ3) is 2.56. The second-order valence-corrected chi connectivity index (χ2v) is 4.98. The van der Waals surface area contributed by atoms with Crippen LogP contribution < -0.4 is 0 Å². The zero-order chi connectivity index (χ0) is 13.1. The molecule has 0 spiro atoms. The summed E-state index contributed by atoms with van der Waals surface area (Å²) in [6.07, 6.45) is 4.64. The second kappa shape index (κ2) is 5.52. The maximum absolute atomic E-state index is 11.2. The van der Waals surface area contributed by atoms with E-state index in [2.05, 4.69) is 10.00 Å². The van der Waals surface area contributed by atoms with E-state index in [1.54, 1.807) is 0 Å². The van der Waals surface area contributed by atoms with Crippen LogP contribution in [0.1, 0.15) is 37.8 Å². The van der Waals surface area contributed by atoms with Crippen molar-refractivity contribution in [2.45, 2.75) is 38.1 Å². The van der Waals surface area contributed by atoms with Gasteiger partial charge in [-0.1, -0.05) is 6.92 Å². The van der Waals surface area contributed by atoms with Gasteiger partial charge in [-0.2, -0.15) is 5.10 Å². The number of aliphatic carboxylic acids is 1. The van der Waals surface area contributed by atoms with E-state index >= 15 is 0 Å². The van der Waals surface area contributed by atoms with Gasteiger partial charge in [0.1, 0.15) is 6.04 Å². The third-order valence-electron chi connectivity index (χ3n) is 3.84. The molecular formula is C13H21N3O2. The zero-order valence-electron chi connectivity index (χ0n) is 11.0. The van der Waals surface area contributed by atoms with Crippen molar-refractivity contribution in [1.29, 1.82) is 0 Å². The van der Waals surface area contributed by atoms with Crippen molar-refractivity contribution in [1.82, 2.24) is 14.7 Å². The average molecular weight is 251 g/mol. The molecule has 2 rings (SSSR count). The van der Waals surface area contributed by atoms with Crippen LogP contribution in [-0.2, 0) is 11.8 Å². The molecule has 0 aromatic carbocycles. The molecule has 0 radical (unpaired) electrons. The summed E-state index contributed by atoms with van der Waals surface area (Å²) in [5.41, 5.74) is 1.21. The van der Waals surface area contributed by atoms with Crippen LogP contribution in [0.5, 0.6) is 0 Å². The van der Waals surface area contributed by atoms with Crippen LogP contribution in [-0.4, -0.2) is 44.9 Å². The summed E-state index contributed by atoms with van der Waals surface area (Å²) >= 11 is 0. The minimum Gasteiger partial charge on any atom is -0.480 e. The summed E-state index contributed by atoms with van der Waals surface area (Å²) in [6.45, 7) is 3.65. The van der Waals surface area contributed by atoms with Gasteiger partial charge in [0.05, 0.1) is 0 Å². The molecule has 0 bridgehead atoms. The second-order valence-electron chi connectivity index (χ2n) is 4.98. The first-order valence-electron chi connectivity index (χ1n) is 6.58. The zero-order valence-corrected chi connectivity index (χ0v) is 11.0. The van der Waals surface area contributed by atoms with Crippen LogP contribution in [0, 0.1) is 0 Å². The fourth-order valence-corrected chi connectivity index (χ4v) is 2.90. The van der Waals surface area contributed by atoms with E-state index in [4.69, 9.17) is 0 Å². The quantitative estimate of drug-likeness (QED) is 0.880.